The smallest absolute Gasteiger partial charge is 0.135 e. The van der Waals surface area contributed by atoms with Crippen LogP contribution >= 0.6 is 11.3 Å². The molecule has 1 aliphatic heterocycles. The van der Waals surface area contributed by atoms with Crippen LogP contribution in [0, 0.1) is 12.3 Å². The summed E-state index contributed by atoms with van der Waals surface area (Å²) in [4.78, 5) is 11.1. The van der Waals surface area contributed by atoms with Crippen LogP contribution in [0.5, 0.6) is 0 Å². The molecule has 1 aliphatic rings. The number of hydrogen-bond acceptors (Lipinski definition) is 4. The number of aromatic amines is 1. The van der Waals surface area contributed by atoms with Crippen molar-refractivity contribution < 1.29 is 5.11 Å². The number of aliphatic hydroxyl groups excluding tert-OH is 1. The Morgan fingerprint density at radius 1 is 1.13 bits per heavy atom. The number of amidine groups is 1. The zero-order valence-electron chi connectivity index (χ0n) is 16.6. The second-order valence-corrected chi connectivity index (χ2v) is 8.69. The van der Waals surface area contributed by atoms with Gasteiger partial charge in [0.1, 0.15) is 16.6 Å². The monoisotopic (exact) mass is 414 g/mol. The van der Waals surface area contributed by atoms with Gasteiger partial charge in [-0.25, -0.2) is 4.98 Å². The lowest BCUT2D eigenvalue weighted by atomic mass is 10.1. The zero-order chi connectivity index (χ0) is 20.7. The van der Waals surface area contributed by atoms with Gasteiger partial charge in [-0.3, -0.25) is 5.41 Å². The Bertz CT molecular complexity index is 1270. The summed E-state index contributed by atoms with van der Waals surface area (Å²) in [5.41, 5.74) is 4.88. The van der Waals surface area contributed by atoms with Crippen molar-refractivity contribution in [2.75, 3.05) is 13.1 Å². The number of nitrogens with one attached hydrogen (secondary N) is 2. The molecule has 3 heterocycles. The molecule has 0 unspecified atom stereocenters. The number of H-pyrrole nitrogens is 1. The minimum atomic E-state index is 0.229. The molecule has 0 aliphatic carbocycles. The molecule has 2 aromatic heterocycles. The van der Waals surface area contributed by atoms with Crippen molar-refractivity contribution in [3.63, 3.8) is 0 Å². The predicted molar refractivity (Wildman–Crippen MR) is 123 cm³/mol. The highest BCUT2D eigenvalue weighted by atomic mass is 32.1. The van der Waals surface area contributed by atoms with Crippen LogP contribution in [0.3, 0.4) is 0 Å². The number of aryl methyl sites for hydroxylation is 1. The van der Waals surface area contributed by atoms with Crippen LogP contribution in [0.25, 0.3) is 27.7 Å². The van der Waals surface area contributed by atoms with Crippen molar-refractivity contribution in [2.45, 2.75) is 13.3 Å². The summed E-state index contributed by atoms with van der Waals surface area (Å²) in [6.07, 6.45) is 2.84. The Morgan fingerprint density at radius 2 is 1.90 bits per heavy atom. The van der Waals surface area contributed by atoms with Crippen LogP contribution in [-0.4, -0.2) is 38.9 Å². The largest absolute Gasteiger partial charge is 0.510 e. The van der Waals surface area contributed by atoms with E-state index in [0.717, 1.165) is 28.1 Å². The molecule has 0 radical (unpaired) electrons. The molecular formula is C24H22N4OS. The van der Waals surface area contributed by atoms with Gasteiger partial charge < -0.3 is 15.0 Å². The van der Waals surface area contributed by atoms with E-state index in [1.807, 2.05) is 60.5 Å². The minimum Gasteiger partial charge on any atom is -0.510 e. The lowest BCUT2D eigenvalue weighted by molar-refractivity contribution is 0.351. The predicted octanol–water partition coefficient (Wildman–Crippen LogP) is 5.40. The number of fused-ring (bicyclic) bond motifs is 1. The Labute approximate surface area is 178 Å². The number of para-hydroxylation sites is 1. The molecule has 0 spiro atoms. The molecule has 0 fully saturated rings. The molecule has 0 bridgehead atoms. The van der Waals surface area contributed by atoms with E-state index in [1.54, 1.807) is 0 Å². The third-order valence-electron chi connectivity index (χ3n) is 5.57. The lowest BCUT2D eigenvalue weighted by Crippen LogP contribution is -2.28. The average Bonchev–Trinajstić information content (AvgIpc) is 3.42. The van der Waals surface area contributed by atoms with Crippen LogP contribution in [-0.2, 0) is 6.42 Å². The van der Waals surface area contributed by atoms with Crippen molar-refractivity contribution in [2.24, 2.45) is 0 Å². The fourth-order valence-corrected chi connectivity index (χ4v) is 5.01. The number of thiazole rings is 1. The Kier molecular flexibility index (Phi) is 4.64. The first-order valence-corrected chi connectivity index (χ1v) is 10.8. The summed E-state index contributed by atoms with van der Waals surface area (Å²) in [5, 5.41) is 21.2. The molecule has 5 rings (SSSR count). The SMILES string of the molecule is Cc1sc(C2=C(O)CN(CCc3c[nH]c4ccccc34)C2=N)nc1-c1ccccc1. The quantitative estimate of drug-likeness (QED) is 0.409. The summed E-state index contributed by atoms with van der Waals surface area (Å²) >= 11 is 1.53. The average molecular weight is 415 g/mol. The van der Waals surface area contributed by atoms with Gasteiger partial charge in [0, 0.05) is 34.1 Å². The summed E-state index contributed by atoms with van der Waals surface area (Å²) < 4.78 is 0. The third kappa shape index (κ3) is 3.19. The molecule has 0 saturated heterocycles. The highest BCUT2D eigenvalue weighted by molar-refractivity contribution is 7.13. The molecular weight excluding hydrogens is 392 g/mol. The van der Waals surface area contributed by atoms with E-state index >= 15 is 0 Å². The lowest BCUT2D eigenvalue weighted by Gasteiger charge is -2.18. The molecule has 6 heteroatoms. The normalized spacial score (nSPS) is 14.3. The first-order valence-electron chi connectivity index (χ1n) is 9.96. The first-order chi connectivity index (χ1) is 14.6. The van der Waals surface area contributed by atoms with Crippen LogP contribution in [0.1, 0.15) is 15.4 Å². The van der Waals surface area contributed by atoms with E-state index in [9.17, 15) is 5.11 Å². The van der Waals surface area contributed by atoms with Gasteiger partial charge in [-0.1, -0.05) is 48.5 Å². The topological polar surface area (TPSA) is 76.0 Å². The van der Waals surface area contributed by atoms with E-state index in [4.69, 9.17) is 10.4 Å². The van der Waals surface area contributed by atoms with Gasteiger partial charge in [-0.05, 0) is 25.0 Å². The number of aliphatic hydroxyl groups is 1. The van der Waals surface area contributed by atoms with Gasteiger partial charge in [-0.15, -0.1) is 11.3 Å². The Balaban J connectivity index is 1.35. The van der Waals surface area contributed by atoms with Crippen molar-refractivity contribution in [1.82, 2.24) is 14.9 Å². The fourth-order valence-electron chi connectivity index (χ4n) is 4.01. The van der Waals surface area contributed by atoms with E-state index < -0.39 is 0 Å². The summed E-state index contributed by atoms with van der Waals surface area (Å²) in [6, 6.07) is 18.3. The Morgan fingerprint density at radius 3 is 2.73 bits per heavy atom. The molecule has 3 N–H and O–H groups in total. The van der Waals surface area contributed by atoms with E-state index in [-0.39, 0.29) is 5.76 Å². The van der Waals surface area contributed by atoms with Crippen molar-refractivity contribution in [3.05, 3.63) is 82.0 Å². The van der Waals surface area contributed by atoms with Gasteiger partial charge in [0.2, 0.25) is 0 Å². The van der Waals surface area contributed by atoms with Crippen molar-refractivity contribution in [1.29, 1.82) is 5.41 Å². The standard InChI is InChI=1S/C24H22N4OS/c1-15-22(16-7-3-2-4-8-16)27-24(30-15)21-20(29)14-28(23(21)25)12-11-17-13-26-19-10-6-5-9-18(17)19/h2-10,13,25-26,29H,11-12,14H2,1H3. The van der Waals surface area contributed by atoms with Crippen molar-refractivity contribution in [3.8, 4) is 11.3 Å². The minimum absolute atomic E-state index is 0.229. The van der Waals surface area contributed by atoms with Crippen LogP contribution < -0.4 is 0 Å². The highest BCUT2D eigenvalue weighted by Gasteiger charge is 2.30. The maximum absolute atomic E-state index is 10.6. The summed E-state index contributed by atoms with van der Waals surface area (Å²) in [7, 11) is 0. The number of nitrogens with zero attached hydrogens (tertiary/aromatic N) is 2. The molecule has 5 nitrogen and oxygen atoms in total. The highest BCUT2D eigenvalue weighted by Crippen LogP contribution is 2.35. The fraction of sp³-hybridized carbons (Fsp3) is 0.167. The molecule has 0 amide bonds. The van der Waals surface area contributed by atoms with Crippen LogP contribution in [0.15, 0.2) is 66.6 Å². The molecule has 150 valence electrons. The molecule has 30 heavy (non-hydrogen) atoms. The summed E-state index contributed by atoms with van der Waals surface area (Å²) in [5.74, 6) is 0.577. The van der Waals surface area contributed by atoms with Gasteiger partial charge >= 0.3 is 0 Å². The third-order valence-corrected chi connectivity index (χ3v) is 6.55. The van der Waals surface area contributed by atoms with Crippen molar-refractivity contribution >= 4 is 33.6 Å². The molecule has 0 saturated carbocycles. The molecule has 0 atom stereocenters. The number of aromatic nitrogens is 2. The van der Waals surface area contributed by atoms with Crippen LogP contribution in [0.4, 0.5) is 0 Å². The van der Waals surface area contributed by atoms with Crippen LogP contribution in [0.2, 0.25) is 0 Å². The first kappa shape index (κ1) is 18.6. The second kappa shape index (κ2) is 7.46. The Hall–Kier alpha value is -3.38. The number of hydrogen-bond donors (Lipinski definition) is 3. The maximum Gasteiger partial charge on any atom is 0.135 e. The summed E-state index contributed by atoms with van der Waals surface area (Å²) in [6.45, 7) is 3.06. The molecule has 4 aromatic rings. The maximum atomic E-state index is 10.6. The van der Waals surface area contributed by atoms with E-state index in [2.05, 4.69) is 17.1 Å². The van der Waals surface area contributed by atoms with Gasteiger partial charge in [-0.2, -0.15) is 0 Å². The van der Waals surface area contributed by atoms with Gasteiger partial charge in [0.05, 0.1) is 17.8 Å². The van der Waals surface area contributed by atoms with E-state index in [1.165, 1.54) is 22.3 Å². The van der Waals surface area contributed by atoms with E-state index in [0.29, 0.717) is 29.5 Å². The van der Waals surface area contributed by atoms with Gasteiger partial charge in [0.15, 0.2) is 0 Å². The van der Waals surface area contributed by atoms with Gasteiger partial charge in [0.25, 0.3) is 0 Å². The second-order valence-electron chi connectivity index (χ2n) is 7.49. The number of benzene rings is 2. The number of rotatable bonds is 5. The molecule has 2 aromatic carbocycles. The zero-order valence-corrected chi connectivity index (χ0v) is 17.5.